The van der Waals surface area contributed by atoms with E-state index in [4.69, 9.17) is 0 Å². The summed E-state index contributed by atoms with van der Waals surface area (Å²) in [6.45, 7) is 2.18. The Morgan fingerprint density at radius 2 is 1.56 bits per heavy atom. The van der Waals surface area contributed by atoms with E-state index in [2.05, 4.69) is 84.1 Å². The molecule has 0 saturated carbocycles. The number of benzene rings is 3. The monoisotopic (exact) mass is 291 g/mol. The van der Waals surface area contributed by atoms with Gasteiger partial charge in [0.25, 0.3) is 0 Å². The van der Waals surface area contributed by atoms with Crippen LogP contribution in [0.5, 0.6) is 0 Å². The molecule has 0 amide bonds. The Morgan fingerprint density at radius 1 is 0.778 bits per heavy atom. The van der Waals surface area contributed by atoms with Crippen LogP contribution < -0.4 is 4.40 Å². The number of hydrogen-bond donors (Lipinski definition) is 0. The fourth-order valence-corrected chi connectivity index (χ4v) is 3.31. The minimum atomic E-state index is 1.30. The summed E-state index contributed by atoms with van der Waals surface area (Å²) in [7, 11) is 0. The maximum absolute atomic E-state index is 2.28. The summed E-state index contributed by atoms with van der Waals surface area (Å²) in [4.78, 5) is 0. The predicted octanol–water partition coefficient (Wildman–Crippen LogP) is 3.61. The molecule has 0 atom stereocenters. The Morgan fingerprint density at radius 3 is 2.33 bits per heavy atom. The van der Waals surface area contributed by atoms with Gasteiger partial charge in [0.15, 0.2) is 0 Å². The first-order valence-electron chi connectivity index (χ1n) is 6.06. The molecule has 3 rings (SSSR count). The van der Waals surface area contributed by atoms with Gasteiger partial charge in [-0.2, -0.15) is 0 Å². The number of fused-ring (bicyclic) bond motifs is 1. The summed E-state index contributed by atoms with van der Waals surface area (Å²) in [6, 6.07) is 21.7. The number of hydrogen-bond acceptors (Lipinski definition) is 0. The van der Waals surface area contributed by atoms with Crippen molar-refractivity contribution in [3.63, 3.8) is 0 Å². The molecule has 0 heterocycles. The first-order valence-corrected chi connectivity index (χ1v) is 7.11. The van der Waals surface area contributed by atoms with Crippen LogP contribution in [0.25, 0.3) is 21.9 Å². The van der Waals surface area contributed by atoms with E-state index in [0.29, 0.717) is 0 Å². The SMILES string of the molecule is Cc1ccc[c]([Ge])c1-c1ccc2ccccc2c1. The molecule has 0 N–H and O–H groups in total. The quantitative estimate of drug-likeness (QED) is 0.601. The van der Waals surface area contributed by atoms with Crippen molar-refractivity contribution in [1.29, 1.82) is 0 Å². The normalized spacial score (nSPS) is 10.8. The van der Waals surface area contributed by atoms with Crippen molar-refractivity contribution in [2.24, 2.45) is 0 Å². The van der Waals surface area contributed by atoms with Crippen molar-refractivity contribution in [2.75, 3.05) is 0 Å². The zero-order chi connectivity index (χ0) is 12.5. The van der Waals surface area contributed by atoms with Gasteiger partial charge in [-0.15, -0.1) is 0 Å². The topological polar surface area (TPSA) is 0 Å². The molecule has 0 bridgehead atoms. The van der Waals surface area contributed by atoms with Gasteiger partial charge in [-0.1, -0.05) is 0 Å². The molecule has 18 heavy (non-hydrogen) atoms. The Hall–Kier alpha value is -1.54. The van der Waals surface area contributed by atoms with Gasteiger partial charge in [-0.05, 0) is 0 Å². The van der Waals surface area contributed by atoms with E-state index in [1.165, 1.54) is 31.9 Å². The molecule has 0 aromatic heterocycles. The van der Waals surface area contributed by atoms with E-state index < -0.39 is 0 Å². The van der Waals surface area contributed by atoms with Crippen molar-refractivity contribution in [3.05, 3.63) is 66.2 Å². The summed E-state index contributed by atoms with van der Waals surface area (Å²) in [6.07, 6.45) is 0. The fourth-order valence-electron chi connectivity index (χ4n) is 2.40. The third kappa shape index (κ3) is 1.97. The predicted molar refractivity (Wildman–Crippen MR) is 79.5 cm³/mol. The second-order valence-electron chi connectivity index (χ2n) is 4.56. The third-order valence-electron chi connectivity index (χ3n) is 3.31. The molecule has 0 spiro atoms. The molecule has 0 aliphatic rings. The molecule has 0 aliphatic heterocycles. The van der Waals surface area contributed by atoms with E-state index in [0.717, 1.165) is 0 Å². The molecule has 3 aromatic carbocycles. The first kappa shape index (κ1) is 11.5. The summed E-state index contributed by atoms with van der Waals surface area (Å²) < 4.78 is 1.34. The Kier molecular flexibility index (Phi) is 2.96. The van der Waals surface area contributed by atoms with Crippen LogP contribution >= 0.6 is 0 Å². The molecule has 85 valence electrons. The van der Waals surface area contributed by atoms with Gasteiger partial charge < -0.3 is 0 Å². The Labute approximate surface area is 116 Å². The van der Waals surface area contributed by atoms with Gasteiger partial charge in [-0.3, -0.25) is 0 Å². The van der Waals surface area contributed by atoms with E-state index in [9.17, 15) is 0 Å². The van der Waals surface area contributed by atoms with Crippen LogP contribution in [0.2, 0.25) is 0 Å². The number of rotatable bonds is 1. The average Bonchev–Trinajstić information content (AvgIpc) is 2.38. The zero-order valence-corrected chi connectivity index (χ0v) is 12.4. The molecule has 3 aromatic rings. The summed E-state index contributed by atoms with van der Waals surface area (Å²) in [5.41, 5.74) is 4.01. The van der Waals surface area contributed by atoms with Crippen molar-refractivity contribution in [2.45, 2.75) is 6.92 Å². The van der Waals surface area contributed by atoms with Gasteiger partial charge in [-0.25, -0.2) is 0 Å². The van der Waals surface area contributed by atoms with E-state index in [-0.39, 0.29) is 0 Å². The van der Waals surface area contributed by atoms with Gasteiger partial charge in [0.1, 0.15) is 0 Å². The summed E-state index contributed by atoms with van der Waals surface area (Å²) in [5.74, 6) is 0. The Balaban J connectivity index is 2.26. The Bertz CT molecular complexity index is 693. The molecular weight excluding hydrogens is 277 g/mol. The molecule has 0 aliphatic carbocycles. The molecule has 0 nitrogen and oxygen atoms in total. The van der Waals surface area contributed by atoms with Crippen molar-refractivity contribution in [1.82, 2.24) is 0 Å². The van der Waals surface area contributed by atoms with E-state index >= 15 is 0 Å². The minimum absolute atomic E-state index is 1.30. The maximum atomic E-state index is 2.28. The van der Waals surface area contributed by atoms with Crippen LogP contribution in [0.15, 0.2) is 60.7 Å². The first-order chi connectivity index (χ1) is 8.75. The van der Waals surface area contributed by atoms with Crippen molar-refractivity contribution >= 4 is 31.7 Å². The summed E-state index contributed by atoms with van der Waals surface area (Å²) >= 11 is 2.18. The van der Waals surface area contributed by atoms with Gasteiger partial charge in [0.05, 0.1) is 0 Å². The third-order valence-corrected chi connectivity index (χ3v) is 4.19. The van der Waals surface area contributed by atoms with Gasteiger partial charge in [0, 0.05) is 0 Å². The van der Waals surface area contributed by atoms with E-state index in [1.807, 2.05) is 0 Å². The fraction of sp³-hybridized carbons (Fsp3) is 0.0588. The second kappa shape index (κ2) is 4.62. The van der Waals surface area contributed by atoms with Crippen LogP contribution in [-0.4, -0.2) is 16.5 Å². The standard InChI is InChI=1S/C17H13Ge/c1-12-5-4-8-16(18)17(12)15-10-9-13-6-2-3-7-14(13)11-15/h2-11H,1H3. The van der Waals surface area contributed by atoms with Crippen molar-refractivity contribution < 1.29 is 0 Å². The van der Waals surface area contributed by atoms with Gasteiger partial charge in [0.2, 0.25) is 0 Å². The molecule has 0 saturated heterocycles. The van der Waals surface area contributed by atoms with Gasteiger partial charge >= 0.3 is 116 Å². The molecule has 1 heteroatoms. The zero-order valence-electron chi connectivity index (χ0n) is 10.3. The van der Waals surface area contributed by atoms with E-state index in [1.54, 1.807) is 0 Å². The van der Waals surface area contributed by atoms with Crippen LogP contribution in [0.3, 0.4) is 0 Å². The second-order valence-corrected chi connectivity index (χ2v) is 5.69. The van der Waals surface area contributed by atoms with Crippen LogP contribution in [0, 0.1) is 6.92 Å². The molecular formula is C17H13Ge. The molecule has 3 radical (unpaired) electrons. The van der Waals surface area contributed by atoms with Crippen LogP contribution in [0.4, 0.5) is 0 Å². The molecule has 0 unspecified atom stereocenters. The number of aryl methyl sites for hydroxylation is 1. The van der Waals surface area contributed by atoms with Crippen LogP contribution in [0.1, 0.15) is 5.56 Å². The average molecular weight is 290 g/mol. The molecule has 0 fully saturated rings. The van der Waals surface area contributed by atoms with Crippen molar-refractivity contribution in [3.8, 4) is 11.1 Å². The summed E-state index contributed by atoms with van der Waals surface area (Å²) in [5, 5.41) is 2.60. The van der Waals surface area contributed by atoms with Crippen LogP contribution in [-0.2, 0) is 0 Å².